The van der Waals surface area contributed by atoms with Crippen molar-refractivity contribution in [3.05, 3.63) is 24.3 Å². The number of primary amides is 2. The molecule has 0 aromatic heterocycles. The van der Waals surface area contributed by atoms with Crippen molar-refractivity contribution >= 4 is 35.7 Å². The summed E-state index contributed by atoms with van der Waals surface area (Å²) in [6, 6.07) is -1.53. The highest BCUT2D eigenvalue weighted by Gasteiger charge is 2.48. The van der Waals surface area contributed by atoms with Crippen molar-refractivity contribution < 1.29 is 28.8 Å². The Balaban J connectivity index is 1.30. The number of fused-ring (bicyclic) bond motifs is 2. The molecule has 2 aliphatic heterocycles. The van der Waals surface area contributed by atoms with Gasteiger partial charge in [-0.3, -0.25) is 29.0 Å². The van der Waals surface area contributed by atoms with Crippen molar-refractivity contribution in [2.24, 2.45) is 35.1 Å². The second-order valence-electron chi connectivity index (χ2n) is 9.62. The summed E-state index contributed by atoms with van der Waals surface area (Å²) in [6.45, 7) is 0.0902. The van der Waals surface area contributed by atoms with Gasteiger partial charge in [0.25, 0.3) is 0 Å². The van der Waals surface area contributed by atoms with E-state index in [1.54, 1.807) is 0 Å². The van der Waals surface area contributed by atoms with E-state index in [0.29, 0.717) is 25.7 Å². The molecule has 4 aliphatic rings. The third-order valence-corrected chi connectivity index (χ3v) is 7.65. The molecule has 2 aliphatic carbocycles. The highest BCUT2D eigenvalue weighted by Crippen LogP contribution is 2.35. The Bertz CT molecular complexity index is 893. The van der Waals surface area contributed by atoms with Crippen LogP contribution in [0.5, 0.6) is 0 Å². The Morgan fingerprint density at radius 2 is 0.889 bits per heavy atom. The first-order valence-electron chi connectivity index (χ1n) is 12.3. The minimum Gasteiger partial charge on any atom is -0.351 e. The summed E-state index contributed by atoms with van der Waals surface area (Å²) < 4.78 is 0. The number of amides is 8. The molecule has 0 aromatic carbocycles. The molecular weight excluding hydrogens is 468 g/mol. The van der Waals surface area contributed by atoms with Gasteiger partial charge in [-0.05, 0) is 25.7 Å². The summed E-state index contributed by atoms with van der Waals surface area (Å²) in [5.41, 5.74) is 11.0. The maximum Gasteiger partial charge on any atom is 0.314 e. The standard InChI is InChI=1S/C24H32N6O6/c25-23(35)27(11-13-29-19(31)15-5-1-2-6-16(15)20(29)32)9-10-28(24(26)36)12-14-30-21(33)17-7-3-4-8-18(17)22(30)34/h1-4,15-18H,5-14H2,(H2,25,35)(H2,26,36). The first kappa shape index (κ1) is 25.4. The molecule has 194 valence electrons. The Morgan fingerprint density at radius 3 is 1.14 bits per heavy atom. The fraction of sp³-hybridized carbons (Fsp3) is 0.583. The Morgan fingerprint density at radius 1 is 0.611 bits per heavy atom. The van der Waals surface area contributed by atoms with Gasteiger partial charge in [-0.15, -0.1) is 0 Å². The Hall–Kier alpha value is -3.70. The summed E-state index contributed by atoms with van der Waals surface area (Å²) in [6.07, 6.45) is 9.71. The molecule has 2 fully saturated rings. The van der Waals surface area contributed by atoms with E-state index in [0.717, 1.165) is 0 Å². The van der Waals surface area contributed by atoms with E-state index < -0.39 is 12.1 Å². The zero-order chi connectivity index (χ0) is 26.0. The topological polar surface area (TPSA) is 167 Å². The quantitative estimate of drug-likeness (QED) is 0.324. The molecule has 0 aromatic rings. The maximum absolute atomic E-state index is 12.6. The van der Waals surface area contributed by atoms with Crippen LogP contribution in [0.2, 0.25) is 0 Å². The van der Waals surface area contributed by atoms with E-state index in [1.807, 2.05) is 24.3 Å². The SMILES string of the molecule is NC(=O)N(CCN(CCN1C(=O)C2CC=CCC2C1=O)C(N)=O)CCN1C(=O)C2CC=CCC2C1=O. The van der Waals surface area contributed by atoms with Gasteiger partial charge in [0.1, 0.15) is 0 Å². The van der Waals surface area contributed by atoms with Crippen molar-refractivity contribution in [2.75, 3.05) is 39.3 Å². The third-order valence-electron chi connectivity index (χ3n) is 7.65. The van der Waals surface area contributed by atoms with Crippen LogP contribution in [0.3, 0.4) is 0 Å². The van der Waals surface area contributed by atoms with Gasteiger partial charge >= 0.3 is 12.1 Å². The highest BCUT2D eigenvalue weighted by molar-refractivity contribution is 6.06. The molecule has 4 atom stereocenters. The van der Waals surface area contributed by atoms with Gasteiger partial charge in [0, 0.05) is 39.3 Å². The van der Waals surface area contributed by atoms with Gasteiger partial charge in [-0.25, -0.2) is 9.59 Å². The van der Waals surface area contributed by atoms with Crippen LogP contribution in [0.25, 0.3) is 0 Å². The van der Waals surface area contributed by atoms with E-state index in [4.69, 9.17) is 11.5 Å². The lowest BCUT2D eigenvalue weighted by Gasteiger charge is -2.28. The number of likely N-dealkylation sites (tertiary alicyclic amines) is 2. The smallest absolute Gasteiger partial charge is 0.314 e. The lowest BCUT2D eigenvalue weighted by atomic mass is 9.85. The number of carbonyl (C=O) groups is 6. The molecule has 4 unspecified atom stereocenters. The summed E-state index contributed by atoms with van der Waals surface area (Å²) in [5.74, 6) is -2.39. The minimum absolute atomic E-state index is 0.0117. The predicted molar refractivity (Wildman–Crippen MR) is 126 cm³/mol. The zero-order valence-electron chi connectivity index (χ0n) is 20.1. The second-order valence-corrected chi connectivity index (χ2v) is 9.62. The fourth-order valence-electron chi connectivity index (χ4n) is 5.53. The van der Waals surface area contributed by atoms with Gasteiger partial charge in [-0.1, -0.05) is 24.3 Å². The number of rotatable bonds is 9. The van der Waals surface area contributed by atoms with Crippen molar-refractivity contribution in [1.82, 2.24) is 19.6 Å². The summed E-state index contributed by atoms with van der Waals surface area (Å²) in [7, 11) is 0. The van der Waals surface area contributed by atoms with Crippen LogP contribution in [0.1, 0.15) is 25.7 Å². The van der Waals surface area contributed by atoms with E-state index in [9.17, 15) is 28.8 Å². The number of carbonyl (C=O) groups excluding carboxylic acids is 6. The van der Waals surface area contributed by atoms with E-state index in [2.05, 4.69) is 0 Å². The summed E-state index contributed by atoms with van der Waals surface area (Å²) in [4.78, 5) is 79.5. The van der Waals surface area contributed by atoms with Gasteiger partial charge < -0.3 is 21.3 Å². The molecule has 0 bridgehead atoms. The van der Waals surface area contributed by atoms with Crippen LogP contribution in [-0.2, 0) is 19.2 Å². The van der Waals surface area contributed by atoms with E-state index >= 15 is 0 Å². The van der Waals surface area contributed by atoms with E-state index in [1.165, 1.54) is 19.6 Å². The molecule has 0 spiro atoms. The second kappa shape index (κ2) is 10.5. The van der Waals surface area contributed by atoms with Crippen LogP contribution in [0.4, 0.5) is 9.59 Å². The minimum atomic E-state index is -0.765. The summed E-state index contributed by atoms with van der Waals surface area (Å²) >= 11 is 0. The summed E-state index contributed by atoms with van der Waals surface area (Å²) in [5, 5.41) is 0. The average molecular weight is 501 g/mol. The van der Waals surface area contributed by atoms with Crippen molar-refractivity contribution in [3.8, 4) is 0 Å². The maximum atomic E-state index is 12.6. The molecule has 4 N–H and O–H groups in total. The fourth-order valence-corrected chi connectivity index (χ4v) is 5.53. The number of nitrogens with two attached hydrogens (primary N) is 2. The largest absolute Gasteiger partial charge is 0.351 e. The number of nitrogens with zero attached hydrogens (tertiary/aromatic N) is 4. The van der Waals surface area contributed by atoms with Crippen molar-refractivity contribution in [1.29, 1.82) is 0 Å². The van der Waals surface area contributed by atoms with Crippen molar-refractivity contribution in [2.45, 2.75) is 25.7 Å². The average Bonchev–Trinajstić information content (AvgIpc) is 3.25. The molecule has 0 saturated carbocycles. The molecule has 4 rings (SSSR count). The molecule has 0 radical (unpaired) electrons. The Kier molecular flexibility index (Phi) is 7.41. The molecule has 2 heterocycles. The van der Waals surface area contributed by atoms with Crippen LogP contribution < -0.4 is 11.5 Å². The molecule has 2 saturated heterocycles. The number of allylic oxidation sites excluding steroid dienone is 4. The van der Waals surface area contributed by atoms with Gasteiger partial charge in [-0.2, -0.15) is 0 Å². The highest BCUT2D eigenvalue weighted by atomic mass is 16.2. The third kappa shape index (κ3) is 4.84. The van der Waals surface area contributed by atoms with E-state index in [-0.39, 0.29) is 86.6 Å². The molecular formula is C24H32N6O6. The number of hydrogen-bond donors (Lipinski definition) is 2. The Labute approximate surface area is 208 Å². The lowest BCUT2D eigenvalue weighted by Crippen LogP contribution is -2.49. The normalized spacial score (nSPS) is 26.9. The molecule has 8 amide bonds. The number of hydrogen-bond acceptors (Lipinski definition) is 6. The molecule has 36 heavy (non-hydrogen) atoms. The monoisotopic (exact) mass is 500 g/mol. The number of imide groups is 2. The van der Waals surface area contributed by atoms with Crippen LogP contribution in [0.15, 0.2) is 24.3 Å². The molecule has 12 nitrogen and oxygen atoms in total. The van der Waals surface area contributed by atoms with Crippen LogP contribution in [-0.4, -0.2) is 94.6 Å². The predicted octanol–water partition coefficient (Wildman–Crippen LogP) is -0.350. The lowest BCUT2D eigenvalue weighted by molar-refractivity contribution is -0.141. The molecule has 12 heteroatoms. The first-order chi connectivity index (χ1) is 17.2. The van der Waals surface area contributed by atoms with Gasteiger partial charge in [0.2, 0.25) is 23.6 Å². The number of urea groups is 2. The zero-order valence-corrected chi connectivity index (χ0v) is 20.1. The van der Waals surface area contributed by atoms with Gasteiger partial charge in [0.15, 0.2) is 0 Å². The van der Waals surface area contributed by atoms with Gasteiger partial charge in [0.05, 0.1) is 23.7 Å². The first-order valence-corrected chi connectivity index (χ1v) is 12.3. The van der Waals surface area contributed by atoms with Crippen LogP contribution in [0, 0.1) is 23.7 Å². The van der Waals surface area contributed by atoms with Crippen LogP contribution >= 0.6 is 0 Å². The van der Waals surface area contributed by atoms with Crippen molar-refractivity contribution in [3.63, 3.8) is 0 Å².